The molecule has 0 saturated carbocycles. The number of hydrogen-bond donors (Lipinski definition) is 0. The van der Waals surface area contributed by atoms with Gasteiger partial charge in [0.1, 0.15) is 18.5 Å². The molecule has 4 aromatic heterocycles. The highest BCUT2D eigenvalue weighted by atomic mass is 16.1. The van der Waals surface area contributed by atoms with Crippen molar-refractivity contribution < 1.29 is 0 Å². The van der Waals surface area contributed by atoms with Crippen molar-refractivity contribution in [3.8, 4) is 17.1 Å². The Kier molecular flexibility index (Phi) is 5.17. The van der Waals surface area contributed by atoms with Gasteiger partial charge in [-0.25, -0.2) is 19.6 Å². The van der Waals surface area contributed by atoms with Crippen molar-refractivity contribution in [2.24, 2.45) is 5.92 Å². The molecule has 0 aliphatic carbocycles. The summed E-state index contributed by atoms with van der Waals surface area (Å²) in [7, 11) is 0. The summed E-state index contributed by atoms with van der Waals surface area (Å²) < 4.78 is 3.30. The molecule has 0 N–H and O–H groups in total. The molecule has 10 heteroatoms. The van der Waals surface area contributed by atoms with Crippen molar-refractivity contribution in [3.63, 3.8) is 0 Å². The minimum Gasteiger partial charge on any atom is -0.355 e. The first-order valence-electron chi connectivity index (χ1n) is 10.1. The van der Waals surface area contributed by atoms with Crippen molar-refractivity contribution >= 4 is 5.82 Å². The first kappa shape index (κ1) is 19.0. The molecule has 0 spiro atoms. The lowest BCUT2D eigenvalue weighted by Crippen LogP contribution is -2.37. The number of piperidine rings is 1. The summed E-state index contributed by atoms with van der Waals surface area (Å²) in [5.41, 5.74) is 1.53. The lowest BCUT2D eigenvalue weighted by atomic mass is 9.96. The Bertz CT molecular complexity index is 1200. The van der Waals surface area contributed by atoms with Gasteiger partial charge in [-0.05, 0) is 30.9 Å². The maximum absolute atomic E-state index is 12.6. The summed E-state index contributed by atoms with van der Waals surface area (Å²) in [5.74, 6) is 1.88. The summed E-state index contributed by atoms with van der Waals surface area (Å²) in [4.78, 5) is 36.2. The van der Waals surface area contributed by atoms with Crippen LogP contribution in [0.25, 0.3) is 17.1 Å². The van der Waals surface area contributed by atoms with Gasteiger partial charge in [-0.3, -0.25) is 19.3 Å². The van der Waals surface area contributed by atoms with Crippen LogP contribution >= 0.6 is 0 Å². The number of pyridine rings is 1. The zero-order valence-corrected chi connectivity index (χ0v) is 16.8. The van der Waals surface area contributed by atoms with Gasteiger partial charge in [0.25, 0.3) is 5.56 Å². The summed E-state index contributed by atoms with van der Waals surface area (Å²) in [5, 5.41) is 4.11. The Hall–Kier alpha value is -3.95. The second kappa shape index (κ2) is 8.42. The van der Waals surface area contributed by atoms with E-state index in [2.05, 4.69) is 34.9 Å². The smallest absolute Gasteiger partial charge is 0.253 e. The van der Waals surface area contributed by atoms with Crippen LogP contribution in [0.5, 0.6) is 0 Å². The monoisotopic (exact) mass is 415 g/mol. The van der Waals surface area contributed by atoms with E-state index in [-0.39, 0.29) is 5.56 Å². The molecule has 1 fully saturated rings. The largest absolute Gasteiger partial charge is 0.355 e. The van der Waals surface area contributed by atoms with Crippen LogP contribution in [0.1, 0.15) is 12.8 Å². The first-order chi connectivity index (χ1) is 15.3. The maximum Gasteiger partial charge on any atom is 0.253 e. The van der Waals surface area contributed by atoms with Gasteiger partial charge in [-0.1, -0.05) is 0 Å². The first-order valence-corrected chi connectivity index (χ1v) is 10.1. The summed E-state index contributed by atoms with van der Waals surface area (Å²) in [6.07, 6.45) is 13.5. The topological polar surface area (TPSA) is 108 Å². The molecule has 10 nitrogen and oxygen atoms in total. The quantitative estimate of drug-likeness (QED) is 0.484. The highest BCUT2D eigenvalue weighted by molar-refractivity contribution is 5.57. The van der Waals surface area contributed by atoms with E-state index in [1.165, 1.54) is 6.33 Å². The normalized spacial score (nSPS) is 14.6. The molecule has 1 aliphatic rings. The van der Waals surface area contributed by atoms with E-state index in [4.69, 9.17) is 0 Å². The standard InChI is InChI=1S/C21H21N9O/c31-21-9-18(17-1-5-22-6-2-17)25-15-29(21)12-16-3-7-28(8-4-16)19-10-23-11-20(27-19)30-14-24-13-26-30/h1-2,5-6,9-11,13-16H,3-4,7-8,12H2. The fourth-order valence-corrected chi connectivity index (χ4v) is 3.80. The van der Waals surface area contributed by atoms with E-state index in [0.717, 1.165) is 37.3 Å². The predicted molar refractivity (Wildman–Crippen MR) is 114 cm³/mol. The van der Waals surface area contributed by atoms with Gasteiger partial charge in [-0.15, -0.1) is 0 Å². The number of hydrogen-bond acceptors (Lipinski definition) is 8. The molecule has 1 aliphatic heterocycles. The van der Waals surface area contributed by atoms with Gasteiger partial charge in [0.2, 0.25) is 0 Å². The predicted octanol–water partition coefficient (Wildman–Crippen LogP) is 1.59. The van der Waals surface area contributed by atoms with Crippen LogP contribution in [0, 0.1) is 5.92 Å². The third-order valence-electron chi connectivity index (χ3n) is 5.51. The lowest BCUT2D eigenvalue weighted by molar-refractivity contribution is 0.350. The zero-order chi connectivity index (χ0) is 21.0. The highest BCUT2D eigenvalue weighted by Crippen LogP contribution is 2.23. The van der Waals surface area contributed by atoms with Crippen molar-refractivity contribution in [2.75, 3.05) is 18.0 Å². The molecule has 0 unspecified atom stereocenters. The summed E-state index contributed by atoms with van der Waals surface area (Å²) in [6, 6.07) is 5.29. The number of rotatable bonds is 5. The average molecular weight is 415 g/mol. The van der Waals surface area contributed by atoms with E-state index in [1.54, 1.807) is 52.8 Å². The molecule has 0 amide bonds. The Morgan fingerprint density at radius 3 is 2.52 bits per heavy atom. The molecule has 4 aromatic rings. The Balaban J connectivity index is 1.23. The third-order valence-corrected chi connectivity index (χ3v) is 5.51. The number of anilines is 1. The molecule has 0 radical (unpaired) electrons. The molecular weight excluding hydrogens is 394 g/mol. The minimum atomic E-state index is -0.0318. The highest BCUT2D eigenvalue weighted by Gasteiger charge is 2.21. The molecule has 5 rings (SSSR count). The lowest BCUT2D eigenvalue weighted by Gasteiger charge is -2.32. The van der Waals surface area contributed by atoms with Crippen LogP contribution in [0.3, 0.4) is 0 Å². The summed E-state index contributed by atoms with van der Waals surface area (Å²) in [6.45, 7) is 2.38. The van der Waals surface area contributed by atoms with E-state index in [9.17, 15) is 4.79 Å². The molecule has 0 aromatic carbocycles. The van der Waals surface area contributed by atoms with E-state index in [1.807, 2.05) is 12.1 Å². The second-order valence-electron chi connectivity index (χ2n) is 7.51. The van der Waals surface area contributed by atoms with Crippen molar-refractivity contribution in [2.45, 2.75) is 19.4 Å². The van der Waals surface area contributed by atoms with Crippen molar-refractivity contribution in [1.29, 1.82) is 0 Å². The van der Waals surface area contributed by atoms with Gasteiger partial charge in [0, 0.05) is 43.7 Å². The van der Waals surface area contributed by atoms with Crippen LogP contribution in [0.4, 0.5) is 5.82 Å². The fraction of sp³-hybridized carbons (Fsp3) is 0.286. The SMILES string of the molecule is O=c1cc(-c2ccncc2)ncn1CC1CCN(c2cncc(-n3cncn3)n2)CC1. The Morgan fingerprint density at radius 1 is 0.968 bits per heavy atom. The van der Waals surface area contributed by atoms with Gasteiger partial charge in [-0.2, -0.15) is 5.10 Å². The van der Waals surface area contributed by atoms with Crippen LogP contribution in [-0.4, -0.2) is 52.4 Å². The van der Waals surface area contributed by atoms with E-state index in [0.29, 0.717) is 24.0 Å². The Morgan fingerprint density at radius 2 is 1.77 bits per heavy atom. The zero-order valence-electron chi connectivity index (χ0n) is 16.8. The number of aromatic nitrogens is 8. The second-order valence-corrected chi connectivity index (χ2v) is 7.51. The average Bonchev–Trinajstić information content (AvgIpc) is 3.37. The van der Waals surface area contributed by atoms with E-state index >= 15 is 0 Å². The minimum absolute atomic E-state index is 0.0318. The van der Waals surface area contributed by atoms with Crippen LogP contribution in [0.2, 0.25) is 0 Å². The molecule has 156 valence electrons. The molecule has 31 heavy (non-hydrogen) atoms. The molecule has 5 heterocycles. The molecule has 0 bridgehead atoms. The molecule has 0 atom stereocenters. The van der Waals surface area contributed by atoms with Crippen LogP contribution < -0.4 is 10.5 Å². The van der Waals surface area contributed by atoms with E-state index < -0.39 is 0 Å². The Labute approximate surface area is 178 Å². The third kappa shape index (κ3) is 4.18. The fourth-order valence-electron chi connectivity index (χ4n) is 3.80. The van der Waals surface area contributed by atoms with Gasteiger partial charge >= 0.3 is 0 Å². The molecular formula is C21H21N9O. The van der Waals surface area contributed by atoms with Gasteiger partial charge in [0.05, 0.1) is 24.4 Å². The van der Waals surface area contributed by atoms with Crippen molar-refractivity contribution in [1.82, 2.24) is 39.3 Å². The maximum atomic E-state index is 12.6. The van der Waals surface area contributed by atoms with Gasteiger partial charge in [0.15, 0.2) is 5.82 Å². The molecule has 1 saturated heterocycles. The van der Waals surface area contributed by atoms with Gasteiger partial charge < -0.3 is 4.90 Å². The van der Waals surface area contributed by atoms with Crippen LogP contribution in [-0.2, 0) is 6.54 Å². The van der Waals surface area contributed by atoms with Crippen molar-refractivity contribution in [3.05, 3.63) is 72.3 Å². The summed E-state index contributed by atoms with van der Waals surface area (Å²) >= 11 is 0. The van der Waals surface area contributed by atoms with Crippen LogP contribution in [0.15, 0.2) is 66.8 Å². The number of nitrogens with zero attached hydrogens (tertiary/aromatic N) is 9.